The van der Waals surface area contributed by atoms with E-state index in [1.807, 2.05) is 10.6 Å². The summed E-state index contributed by atoms with van der Waals surface area (Å²) in [7, 11) is 0. The van der Waals surface area contributed by atoms with Crippen molar-refractivity contribution >= 4 is 30.1 Å². The summed E-state index contributed by atoms with van der Waals surface area (Å²) in [5, 5.41) is 23.8. The Morgan fingerprint density at radius 3 is 1.29 bits per heavy atom. The minimum absolute atomic E-state index is 0. The van der Waals surface area contributed by atoms with Crippen LogP contribution in [0.4, 0.5) is 35.9 Å². The highest BCUT2D eigenvalue weighted by Gasteiger charge is 2.48. The zero-order valence-corrected chi connectivity index (χ0v) is 39.5. The molecule has 2 aromatic rings. The molecule has 0 aliphatic rings. The van der Waals surface area contributed by atoms with Crippen molar-refractivity contribution in [2.24, 2.45) is 0 Å². The van der Waals surface area contributed by atoms with Crippen LogP contribution in [0.25, 0.3) is 0 Å². The molecule has 0 spiro atoms. The molecule has 4 N–H and O–H groups in total. The number of nitrogens with one attached hydrogen (secondary N) is 2. The summed E-state index contributed by atoms with van der Waals surface area (Å²) in [4.78, 5) is 58.9. The van der Waals surface area contributed by atoms with E-state index in [4.69, 9.17) is 23.7 Å². The molecule has 70 heavy (non-hydrogen) atoms. The van der Waals surface area contributed by atoms with Crippen LogP contribution in [-0.4, -0.2) is 99.2 Å². The zero-order valence-electron chi connectivity index (χ0n) is 39.5. The third-order valence-electron chi connectivity index (χ3n) is 8.08. The van der Waals surface area contributed by atoms with Gasteiger partial charge in [-0.05, 0) is 79.5 Å². The number of carbonyl (C=O) groups excluding carboxylic acids is 5. The van der Waals surface area contributed by atoms with E-state index in [1.54, 1.807) is 102 Å². The summed E-state index contributed by atoms with van der Waals surface area (Å²) in [5.74, 6) is -13.2. The topological polar surface area (TPSA) is 196 Å². The van der Waals surface area contributed by atoms with Crippen LogP contribution in [0.1, 0.15) is 143 Å². The molecule has 0 aliphatic carbocycles. The van der Waals surface area contributed by atoms with Gasteiger partial charge in [-0.15, -0.1) is 0 Å². The van der Waals surface area contributed by atoms with Gasteiger partial charge in [-0.1, -0.05) is 111 Å². The van der Waals surface area contributed by atoms with Gasteiger partial charge in [0, 0.05) is 25.3 Å². The average molecular weight is 1020 g/mol. The van der Waals surface area contributed by atoms with Gasteiger partial charge in [-0.3, -0.25) is 0 Å². The highest BCUT2D eigenvalue weighted by Crippen LogP contribution is 2.28. The van der Waals surface area contributed by atoms with Crippen molar-refractivity contribution in [1.29, 1.82) is 0 Å². The lowest BCUT2D eigenvalue weighted by atomic mass is 10.0. The molecule has 4 unspecified atom stereocenters. The molecule has 0 aromatic heterocycles. The number of alkyl halides is 6. The number of alkyl carbamates (subject to hydrolysis) is 2. The van der Waals surface area contributed by atoms with E-state index in [1.165, 1.54) is 34.6 Å². The minimum atomic E-state index is -3.59. The van der Waals surface area contributed by atoms with E-state index in [-0.39, 0.29) is 49.3 Å². The van der Waals surface area contributed by atoms with Gasteiger partial charge >= 0.3 is 30.1 Å². The Hall–Kier alpha value is -5.37. The van der Waals surface area contributed by atoms with Gasteiger partial charge in [-0.2, -0.15) is 0 Å². The molecule has 0 saturated heterocycles. The fourth-order valence-corrected chi connectivity index (χ4v) is 4.65. The van der Waals surface area contributed by atoms with Gasteiger partial charge < -0.3 is 44.5 Å². The maximum Gasteiger partial charge on any atom is 0.408 e. The van der Waals surface area contributed by atoms with E-state index < -0.39 is 102 Å². The molecule has 0 heterocycles. The van der Waals surface area contributed by atoms with Gasteiger partial charge in [-0.25, -0.2) is 50.3 Å². The van der Waals surface area contributed by atoms with E-state index in [0.29, 0.717) is 17.2 Å². The zero-order chi connectivity index (χ0) is 51.3. The van der Waals surface area contributed by atoms with Gasteiger partial charge in [0.1, 0.15) is 42.2 Å². The molecule has 0 bridgehead atoms. The molecule has 2 amide bonds. The summed E-state index contributed by atoms with van der Waals surface area (Å²) in [6.45, 7) is 17.7. The van der Waals surface area contributed by atoms with Crippen LogP contribution >= 0.6 is 0 Å². The molecule has 0 fully saturated rings. The number of rotatable bonds is 17. The molecule has 2 aromatic carbocycles. The monoisotopic (exact) mass is 1020 g/mol. The van der Waals surface area contributed by atoms with Crippen LogP contribution < -0.4 is 10.6 Å². The smallest absolute Gasteiger partial charge is 0.408 e. The van der Waals surface area contributed by atoms with Crippen LogP contribution in [0.5, 0.6) is 0 Å². The first-order chi connectivity index (χ1) is 30.1. The molecule has 0 radical (unpaired) electrons. The van der Waals surface area contributed by atoms with Crippen molar-refractivity contribution in [2.75, 3.05) is 0 Å². The Labute approximate surface area is 412 Å². The largest absolute Gasteiger partial charge is 0.458 e. The van der Waals surface area contributed by atoms with Gasteiger partial charge in [0.25, 0.3) is 17.8 Å². The number of halogens is 6. The molecule has 2 rings (SSSR count). The quantitative estimate of drug-likeness (QED) is 0.0507. The number of aliphatic hydroxyl groups excluding tert-OH is 2. The second-order valence-electron chi connectivity index (χ2n) is 17.5. The van der Waals surface area contributed by atoms with Crippen LogP contribution in [0.2, 0.25) is 0 Å². The van der Waals surface area contributed by atoms with Crippen LogP contribution in [0.3, 0.4) is 0 Å². The van der Waals surface area contributed by atoms with Gasteiger partial charge in [0.2, 0.25) is 0 Å². The Bertz CT molecular complexity index is 1830. The SMILES string of the molecule is C.C.C.C.CCC(F)(F)C(NC(=O)OCc1ccccc1)C(O)C(=O)OC(C)(C)C.CCC(F)(F)C(O)C(NC(=O)OCc1ccccc1)C(=O)OC(C)(C)C.CCC(F)(F)C=CC(=O)OC(C)(C)C. The fourth-order valence-electron chi connectivity index (χ4n) is 4.65. The summed E-state index contributed by atoms with van der Waals surface area (Å²) < 4.78 is 106. The van der Waals surface area contributed by atoms with Crippen LogP contribution in [0, 0.1) is 0 Å². The second kappa shape index (κ2) is 32.5. The highest BCUT2D eigenvalue weighted by molar-refractivity contribution is 5.83. The number of allylic oxidation sites excluding steroid dienone is 1. The third kappa shape index (κ3) is 31.7. The number of aliphatic hydroxyl groups is 2. The minimum Gasteiger partial charge on any atom is -0.458 e. The van der Waals surface area contributed by atoms with Gasteiger partial charge in [0.15, 0.2) is 12.1 Å². The molecule has 14 nitrogen and oxygen atoms in total. The molecule has 0 aliphatic heterocycles. The van der Waals surface area contributed by atoms with Crippen molar-refractivity contribution in [3.05, 3.63) is 83.9 Å². The lowest BCUT2D eigenvalue weighted by molar-refractivity contribution is -0.174. The van der Waals surface area contributed by atoms with Crippen molar-refractivity contribution in [1.82, 2.24) is 10.6 Å². The first-order valence-corrected chi connectivity index (χ1v) is 20.9. The van der Waals surface area contributed by atoms with E-state index in [2.05, 4.69) is 0 Å². The number of amides is 2. The first-order valence-electron chi connectivity index (χ1n) is 20.9. The molecule has 0 saturated carbocycles. The normalized spacial score (nSPS) is 13.3. The Balaban J connectivity index is -0.000000306. The summed E-state index contributed by atoms with van der Waals surface area (Å²) in [5.41, 5.74) is -1.27. The van der Waals surface area contributed by atoms with Crippen LogP contribution in [-0.2, 0) is 51.3 Å². The Kier molecular flexibility index (Phi) is 34.2. The standard InChI is InChI=1S/2C18H25F2NO5.C10H16F2O2.4CH4/c1-5-18(19,20)14(13(22)15(23)26-17(2,3)4)21-16(24)25-11-12-9-7-6-8-10-12;1-5-18(19,20)14(22)13(15(23)26-17(2,3)4)21-16(24)25-11-12-9-7-6-8-10-12;1-5-10(11,12)7-6-8(13)14-9(2,3)4;;;;/h2*6-10,13-14,22H,5,11H2,1-4H3,(H,21,24);6-7H,5H2,1-4H3;4*1H4. The number of esters is 3. The Morgan fingerprint density at radius 1 is 0.557 bits per heavy atom. The van der Waals surface area contributed by atoms with Gasteiger partial charge in [0.05, 0.1) is 0 Å². The van der Waals surface area contributed by atoms with E-state index >= 15 is 0 Å². The maximum absolute atomic E-state index is 14.1. The number of hydrogen-bond acceptors (Lipinski definition) is 12. The van der Waals surface area contributed by atoms with Crippen molar-refractivity contribution < 1.29 is 84.2 Å². The number of hydrogen-bond donors (Lipinski definition) is 4. The maximum atomic E-state index is 14.1. The van der Waals surface area contributed by atoms with Crippen molar-refractivity contribution in [3.8, 4) is 0 Å². The molecule has 4 atom stereocenters. The molecule has 406 valence electrons. The van der Waals surface area contributed by atoms with Crippen LogP contribution in [0.15, 0.2) is 72.8 Å². The number of ether oxygens (including phenoxy) is 5. The fraction of sp³-hybridized carbons (Fsp3) is 0.620. The van der Waals surface area contributed by atoms with Crippen molar-refractivity contribution in [3.63, 3.8) is 0 Å². The number of benzene rings is 2. The third-order valence-corrected chi connectivity index (χ3v) is 8.08. The molecule has 20 heteroatoms. The van der Waals surface area contributed by atoms with Crippen molar-refractivity contribution in [2.45, 2.75) is 204 Å². The summed E-state index contributed by atoms with van der Waals surface area (Å²) in [6, 6.07) is 13.2. The summed E-state index contributed by atoms with van der Waals surface area (Å²) in [6.07, 6.45) is -7.38. The predicted molar refractivity (Wildman–Crippen MR) is 258 cm³/mol. The lowest BCUT2D eigenvalue weighted by Crippen LogP contribution is -2.57. The first kappa shape index (κ1) is 73.6. The average Bonchev–Trinajstić information content (AvgIpc) is 3.21. The lowest BCUT2D eigenvalue weighted by Gasteiger charge is -2.31. The summed E-state index contributed by atoms with van der Waals surface area (Å²) >= 11 is 0. The second-order valence-corrected chi connectivity index (χ2v) is 17.5. The Morgan fingerprint density at radius 2 is 0.929 bits per heavy atom. The number of carbonyl (C=O) groups is 5. The predicted octanol–water partition coefficient (Wildman–Crippen LogP) is 11.5. The van der Waals surface area contributed by atoms with E-state index in [0.717, 1.165) is 13.0 Å². The molecular weight excluding hydrogens is 935 g/mol. The van der Waals surface area contributed by atoms with E-state index in [9.17, 15) is 60.5 Å². The highest BCUT2D eigenvalue weighted by atomic mass is 19.3. The molecular formula is C50H82F6N2O12.